The fourth-order valence-corrected chi connectivity index (χ4v) is 3.88. The minimum atomic E-state index is -0.357. The van der Waals surface area contributed by atoms with Crippen molar-refractivity contribution in [2.24, 2.45) is 0 Å². The van der Waals surface area contributed by atoms with Gasteiger partial charge in [0.05, 0.1) is 11.3 Å². The molecule has 0 N–H and O–H groups in total. The fraction of sp³-hybridized carbons (Fsp3) is 0.194. The summed E-state index contributed by atoms with van der Waals surface area (Å²) in [5, 5.41) is 0. The molecule has 4 aromatic rings. The summed E-state index contributed by atoms with van der Waals surface area (Å²) in [6.45, 7) is 7.97. The third kappa shape index (κ3) is 5.93. The van der Waals surface area contributed by atoms with Crippen LogP contribution in [0.1, 0.15) is 47.8 Å². The van der Waals surface area contributed by atoms with Gasteiger partial charge >= 0.3 is 5.97 Å². The van der Waals surface area contributed by atoms with Crippen LogP contribution in [0.5, 0.6) is 5.75 Å². The Bertz CT molecular complexity index is 1170. The highest BCUT2D eigenvalue weighted by atomic mass is 16.5. The minimum absolute atomic E-state index is 0.0398. The van der Waals surface area contributed by atoms with E-state index < -0.39 is 0 Å². The van der Waals surface area contributed by atoms with Gasteiger partial charge in [-0.2, -0.15) is 0 Å². The summed E-state index contributed by atoms with van der Waals surface area (Å²) in [6, 6.07) is 36.1. The lowest BCUT2D eigenvalue weighted by Gasteiger charge is -2.29. The monoisotopic (exact) mass is 449 g/mol. The largest absolute Gasteiger partial charge is 0.421 e. The Hall–Kier alpha value is -3.85. The predicted molar refractivity (Wildman–Crippen MR) is 139 cm³/mol. The molecule has 0 aromatic heterocycles. The summed E-state index contributed by atoms with van der Waals surface area (Å²) in [5.74, 6) is 0.207. The first-order chi connectivity index (χ1) is 16.4. The number of esters is 1. The van der Waals surface area contributed by atoms with E-state index in [9.17, 15) is 4.79 Å². The molecule has 0 fully saturated rings. The van der Waals surface area contributed by atoms with E-state index in [-0.39, 0.29) is 11.4 Å². The standard InChI is InChI=1S/C31H31NO2/c1-31(2,3)27-19-20-29(34-30(33)26-17-11-6-12-18-26)28(21-27)32(22-24-13-7-4-8-14-24)23-25-15-9-5-10-16-25/h4-21H,22-23H2,1-3H3. The molecule has 3 heteroatoms. The smallest absolute Gasteiger partial charge is 0.343 e. The molecule has 34 heavy (non-hydrogen) atoms. The Kier molecular flexibility index (Phi) is 7.12. The summed E-state index contributed by atoms with van der Waals surface area (Å²) < 4.78 is 5.98. The van der Waals surface area contributed by atoms with E-state index in [4.69, 9.17) is 4.74 Å². The third-order valence-corrected chi connectivity index (χ3v) is 5.81. The number of hydrogen-bond donors (Lipinski definition) is 0. The highest BCUT2D eigenvalue weighted by molar-refractivity contribution is 5.91. The molecule has 0 atom stereocenters. The molecule has 0 aliphatic rings. The highest BCUT2D eigenvalue weighted by Gasteiger charge is 2.21. The van der Waals surface area contributed by atoms with Crippen molar-refractivity contribution >= 4 is 11.7 Å². The lowest BCUT2D eigenvalue weighted by atomic mass is 9.86. The maximum absolute atomic E-state index is 12.9. The van der Waals surface area contributed by atoms with Crippen molar-refractivity contribution in [3.63, 3.8) is 0 Å². The fourth-order valence-electron chi connectivity index (χ4n) is 3.88. The average Bonchev–Trinajstić information content (AvgIpc) is 2.85. The van der Waals surface area contributed by atoms with E-state index in [1.54, 1.807) is 12.1 Å². The van der Waals surface area contributed by atoms with E-state index in [2.05, 4.69) is 86.3 Å². The molecule has 0 amide bonds. The summed E-state index contributed by atoms with van der Waals surface area (Å²) in [6.07, 6.45) is 0. The molecular formula is C31H31NO2. The molecule has 0 bridgehead atoms. The third-order valence-electron chi connectivity index (χ3n) is 5.81. The second kappa shape index (κ2) is 10.4. The zero-order valence-electron chi connectivity index (χ0n) is 20.1. The molecule has 0 aliphatic carbocycles. The van der Waals surface area contributed by atoms with Crippen molar-refractivity contribution in [1.29, 1.82) is 0 Å². The normalized spacial score (nSPS) is 11.1. The molecule has 0 saturated heterocycles. The summed E-state index contributed by atoms with van der Waals surface area (Å²) >= 11 is 0. The highest BCUT2D eigenvalue weighted by Crippen LogP contribution is 2.36. The van der Waals surface area contributed by atoms with Gasteiger partial charge in [0, 0.05) is 13.1 Å². The summed E-state index contributed by atoms with van der Waals surface area (Å²) in [4.78, 5) is 15.2. The molecule has 172 valence electrons. The lowest BCUT2D eigenvalue weighted by Crippen LogP contribution is -2.24. The van der Waals surface area contributed by atoms with Crippen LogP contribution in [0.2, 0.25) is 0 Å². The van der Waals surface area contributed by atoms with Gasteiger partial charge in [0.25, 0.3) is 0 Å². The summed E-state index contributed by atoms with van der Waals surface area (Å²) in [7, 11) is 0. The second-order valence-corrected chi connectivity index (χ2v) is 9.52. The Balaban J connectivity index is 1.77. The van der Waals surface area contributed by atoms with Gasteiger partial charge in [-0.3, -0.25) is 0 Å². The number of carbonyl (C=O) groups excluding carboxylic acids is 1. The molecule has 3 nitrogen and oxygen atoms in total. The van der Waals surface area contributed by atoms with Crippen LogP contribution in [-0.4, -0.2) is 5.97 Å². The second-order valence-electron chi connectivity index (χ2n) is 9.52. The van der Waals surface area contributed by atoms with Crippen LogP contribution in [0.3, 0.4) is 0 Å². The van der Waals surface area contributed by atoms with E-state index in [1.807, 2.05) is 36.4 Å². The van der Waals surface area contributed by atoms with Crippen LogP contribution in [0.25, 0.3) is 0 Å². The number of rotatable bonds is 7. The van der Waals surface area contributed by atoms with E-state index in [0.717, 1.165) is 5.69 Å². The number of nitrogens with zero attached hydrogens (tertiary/aromatic N) is 1. The number of carbonyl (C=O) groups is 1. The van der Waals surface area contributed by atoms with E-state index >= 15 is 0 Å². The zero-order chi connectivity index (χ0) is 24.0. The van der Waals surface area contributed by atoms with Crippen LogP contribution >= 0.6 is 0 Å². The van der Waals surface area contributed by atoms with Crippen molar-refractivity contribution < 1.29 is 9.53 Å². The van der Waals surface area contributed by atoms with Gasteiger partial charge in [-0.1, -0.05) is 106 Å². The van der Waals surface area contributed by atoms with Crippen molar-refractivity contribution in [3.05, 3.63) is 131 Å². The van der Waals surface area contributed by atoms with Gasteiger partial charge < -0.3 is 9.64 Å². The first kappa shape index (κ1) is 23.3. The Labute approximate surface area is 202 Å². The van der Waals surface area contributed by atoms with Crippen molar-refractivity contribution in [2.75, 3.05) is 4.90 Å². The number of hydrogen-bond acceptors (Lipinski definition) is 3. The molecule has 0 aliphatic heterocycles. The van der Waals surface area contributed by atoms with Crippen molar-refractivity contribution in [3.8, 4) is 5.75 Å². The van der Waals surface area contributed by atoms with Gasteiger partial charge in [-0.05, 0) is 46.4 Å². The molecule has 0 spiro atoms. The molecular weight excluding hydrogens is 418 g/mol. The maximum atomic E-state index is 12.9. The first-order valence-electron chi connectivity index (χ1n) is 11.6. The molecule has 0 radical (unpaired) electrons. The molecule has 4 rings (SSSR count). The quantitative estimate of drug-likeness (QED) is 0.217. The summed E-state index contributed by atoms with van der Waals surface area (Å²) in [5.41, 5.74) is 4.98. The molecule has 0 saturated carbocycles. The minimum Gasteiger partial charge on any atom is -0.421 e. The van der Waals surface area contributed by atoms with Crippen LogP contribution < -0.4 is 9.64 Å². The predicted octanol–water partition coefficient (Wildman–Crippen LogP) is 7.41. The zero-order valence-corrected chi connectivity index (χ0v) is 20.1. The number of anilines is 1. The van der Waals surface area contributed by atoms with Gasteiger partial charge in [0.15, 0.2) is 5.75 Å². The van der Waals surface area contributed by atoms with E-state index in [1.165, 1.54) is 16.7 Å². The van der Waals surface area contributed by atoms with Gasteiger partial charge in [-0.25, -0.2) is 4.79 Å². The molecule has 4 aromatic carbocycles. The van der Waals surface area contributed by atoms with Crippen molar-refractivity contribution in [1.82, 2.24) is 0 Å². The Morgan fingerprint density at radius 3 is 1.71 bits per heavy atom. The van der Waals surface area contributed by atoms with Gasteiger partial charge in [-0.15, -0.1) is 0 Å². The lowest BCUT2D eigenvalue weighted by molar-refractivity contribution is 0.0735. The van der Waals surface area contributed by atoms with E-state index in [0.29, 0.717) is 24.4 Å². The van der Waals surface area contributed by atoms with Crippen molar-refractivity contribution in [2.45, 2.75) is 39.3 Å². The van der Waals surface area contributed by atoms with Crippen LogP contribution in [0, 0.1) is 0 Å². The topological polar surface area (TPSA) is 29.5 Å². The molecule has 0 unspecified atom stereocenters. The average molecular weight is 450 g/mol. The maximum Gasteiger partial charge on any atom is 0.343 e. The number of benzene rings is 4. The Morgan fingerprint density at radius 1 is 0.706 bits per heavy atom. The van der Waals surface area contributed by atoms with Crippen LogP contribution in [0.4, 0.5) is 5.69 Å². The van der Waals surface area contributed by atoms with Crippen LogP contribution in [-0.2, 0) is 18.5 Å². The van der Waals surface area contributed by atoms with Crippen LogP contribution in [0.15, 0.2) is 109 Å². The van der Waals surface area contributed by atoms with Gasteiger partial charge in [0.1, 0.15) is 0 Å². The SMILES string of the molecule is CC(C)(C)c1ccc(OC(=O)c2ccccc2)c(N(Cc2ccccc2)Cc2ccccc2)c1. The van der Waals surface area contributed by atoms with Gasteiger partial charge in [0.2, 0.25) is 0 Å². The molecule has 0 heterocycles. The number of ether oxygens (including phenoxy) is 1. The first-order valence-corrected chi connectivity index (χ1v) is 11.6. The Morgan fingerprint density at radius 2 is 1.21 bits per heavy atom.